The molecule has 0 spiro atoms. The number of carbonyl (C=O) groups excluding carboxylic acids is 1. The lowest BCUT2D eigenvalue weighted by molar-refractivity contribution is -0.121. The van der Waals surface area contributed by atoms with Crippen molar-refractivity contribution in [2.24, 2.45) is 5.73 Å². The molecule has 3 N–H and O–H groups in total. The van der Waals surface area contributed by atoms with Crippen molar-refractivity contribution >= 4 is 15.9 Å². The summed E-state index contributed by atoms with van der Waals surface area (Å²) in [6.45, 7) is 5.03. The molecule has 7 heteroatoms. The summed E-state index contributed by atoms with van der Waals surface area (Å²) in [6.07, 6.45) is 2.89. The van der Waals surface area contributed by atoms with Crippen LogP contribution in [0.15, 0.2) is 0 Å². The molecule has 1 unspecified atom stereocenters. The maximum Gasteiger partial charge on any atom is 0.220 e. The van der Waals surface area contributed by atoms with E-state index in [1.165, 1.54) is 10.6 Å². The third-order valence-electron chi connectivity index (χ3n) is 2.55. The minimum Gasteiger partial charge on any atom is -0.356 e. The summed E-state index contributed by atoms with van der Waals surface area (Å²) in [4.78, 5) is 11.4. The zero-order chi connectivity index (χ0) is 14.2. The zero-order valence-corrected chi connectivity index (χ0v) is 12.3. The van der Waals surface area contributed by atoms with Gasteiger partial charge in [-0.1, -0.05) is 6.92 Å². The molecule has 0 heterocycles. The highest BCUT2D eigenvalue weighted by Crippen LogP contribution is 1.98. The van der Waals surface area contributed by atoms with Gasteiger partial charge in [-0.15, -0.1) is 0 Å². The summed E-state index contributed by atoms with van der Waals surface area (Å²) in [7, 11) is -3.13. The van der Waals surface area contributed by atoms with Crippen LogP contribution in [0.25, 0.3) is 0 Å². The normalized spacial score (nSPS) is 13.6. The van der Waals surface area contributed by atoms with Crippen LogP contribution in [0.3, 0.4) is 0 Å². The molecular weight excluding hydrogens is 254 g/mol. The lowest BCUT2D eigenvalue weighted by Crippen LogP contribution is -2.33. The molecule has 1 atom stereocenters. The number of sulfonamides is 1. The Morgan fingerprint density at radius 3 is 2.50 bits per heavy atom. The highest BCUT2D eigenvalue weighted by atomic mass is 32.2. The van der Waals surface area contributed by atoms with Gasteiger partial charge in [-0.05, 0) is 19.8 Å². The maximum atomic E-state index is 11.4. The summed E-state index contributed by atoms with van der Waals surface area (Å²) in [5.74, 6) is -0.0327. The number of nitrogens with one attached hydrogen (secondary N) is 1. The van der Waals surface area contributed by atoms with E-state index in [0.717, 1.165) is 0 Å². The smallest absolute Gasteiger partial charge is 0.220 e. The van der Waals surface area contributed by atoms with Crippen molar-refractivity contribution in [1.82, 2.24) is 9.62 Å². The van der Waals surface area contributed by atoms with Gasteiger partial charge >= 0.3 is 0 Å². The van der Waals surface area contributed by atoms with Crippen LogP contribution in [0.5, 0.6) is 0 Å². The fourth-order valence-corrected chi connectivity index (χ4v) is 2.42. The molecule has 0 radical (unpaired) electrons. The Morgan fingerprint density at radius 2 is 2.06 bits per heavy atom. The van der Waals surface area contributed by atoms with Crippen molar-refractivity contribution in [3.05, 3.63) is 0 Å². The van der Waals surface area contributed by atoms with E-state index in [1.54, 1.807) is 6.92 Å². The first-order valence-corrected chi connectivity index (χ1v) is 8.09. The third kappa shape index (κ3) is 8.43. The standard InChI is InChI=1S/C11H25N3O3S/c1-4-14(18(3,16)17)9-5-8-13-11(15)7-6-10(2)12/h10H,4-9,12H2,1-3H3,(H,13,15). The van der Waals surface area contributed by atoms with Crippen LogP contribution in [0.2, 0.25) is 0 Å². The van der Waals surface area contributed by atoms with E-state index in [4.69, 9.17) is 5.73 Å². The molecule has 0 aromatic carbocycles. The molecule has 0 saturated carbocycles. The van der Waals surface area contributed by atoms with Gasteiger partial charge in [-0.25, -0.2) is 12.7 Å². The van der Waals surface area contributed by atoms with Crippen molar-refractivity contribution < 1.29 is 13.2 Å². The fraction of sp³-hybridized carbons (Fsp3) is 0.909. The van der Waals surface area contributed by atoms with Gasteiger partial charge < -0.3 is 11.1 Å². The van der Waals surface area contributed by atoms with Gasteiger partial charge in [-0.3, -0.25) is 4.79 Å². The highest BCUT2D eigenvalue weighted by Gasteiger charge is 2.13. The van der Waals surface area contributed by atoms with E-state index in [-0.39, 0.29) is 11.9 Å². The van der Waals surface area contributed by atoms with E-state index < -0.39 is 10.0 Å². The average Bonchev–Trinajstić information content (AvgIpc) is 2.24. The number of rotatable bonds is 9. The fourth-order valence-electron chi connectivity index (χ4n) is 1.49. The molecule has 18 heavy (non-hydrogen) atoms. The van der Waals surface area contributed by atoms with Gasteiger partial charge in [-0.2, -0.15) is 0 Å². The molecular formula is C11H25N3O3S. The van der Waals surface area contributed by atoms with Gasteiger partial charge in [0.15, 0.2) is 0 Å². The lowest BCUT2D eigenvalue weighted by atomic mass is 10.2. The first-order valence-electron chi connectivity index (χ1n) is 6.24. The van der Waals surface area contributed by atoms with Gasteiger partial charge in [0.05, 0.1) is 6.26 Å². The van der Waals surface area contributed by atoms with E-state index in [1.807, 2.05) is 6.92 Å². The Kier molecular flexibility index (Phi) is 8.13. The second-order valence-electron chi connectivity index (χ2n) is 4.47. The summed E-state index contributed by atoms with van der Waals surface area (Å²) in [6, 6.07) is 0.0246. The molecule has 0 rings (SSSR count). The second-order valence-corrected chi connectivity index (χ2v) is 6.46. The number of hydrogen-bond acceptors (Lipinski definition) is 4. The number of nitrogens with two attached hydrogens (primary N) is 1. The molecule has 0 bridgehead atoms. The minimum absolute atomic E-state index is 0.0246. The van der Waals surface area contributed by atoms with E-state index in [0.29, 0.717) is 38.9 Å². The Hall–Kier alpha value is -0.660. The maximum absolute atomic E-state index is 11.4. The Bertz CT molecular complexity index is 341. The van der Waals surface area contributed by atoms with Crippen LogP contribution in [-0.4, -0.2) is 50.6 Å². The van der Waals surface area contributed by atoms with Crippen LogP contribution in [-0.2, 0) is 14.8 Å². The van der Waals surface area contributed by atoms with E-state index in [2.05, 4.69) is 5.32 Å². The zero-order valence-electron chi connectivity index (χ0n) is 11.5. The number of nitrogens with zero attached hydrogens (tertiary/aromatic N) is 1. The van der Waals surface area contributed by atoms with Crippen molar-refractivity contribution in [2.45, 2.75) is 39.2 Å². The van der Waals surface area contributed by atoms with Crippen LogP contribution in [0.4, 0.5) is 0 Å². The molecule has 108 valence electrons. The van der Waals surface area contributed by atoms with E-state index in [9.17, 15) is 13.2 Å². The van der Waals surface area contributed by atoms with Crippen molar-refractivity contribution in [3.63, 3.8) is 0 Å². The topological polar surface area (TPSA) is 92.5 Å². The lowest BCUT2D eigenvalue weighted by Gasteiger charge is -2.17. The summed E-state index contributed by atoms with van der Waals surface area (Å²) < 4.78 is 24.0. The summed E-state index contributed by atoms with van der Waals surface area (Å²) >= 11 is 0. The molecule has 0 aliphatic carbocycles. The molecule has 0 fully saturated rings. The Labute approximate surface area is 110 Å². The predicted octanol–water partition coefficient (Wildman–Crippen LogP) is -0.0984. The molecule has 0 aromatic rings. The number of hydrogen-bond donors (Lipinski definition) is 2. The van der Waals surface area contributed by atoms with Crippen LogP contribution in [0.1, 0.15) is 33.1 Å². The van der Waals surface area contributed by atoms with Gasteiger partial charge in [0.1, 0.15) is 0 Å². The first kappa shape index (κ1) is 17.3. The monoisotopic (exact) mass is 279 g/mol. The van der Waals surface area contributed by atoms with Gasteiger partial charge in [0.2, 0.25) is 15.9 Å². The van der Waals surface area contributed by atoms with Gasteiger partial charge in [0.25, 0.3) is 0 Å². The van der Waals surface area contributed by atoms with Crippen molar-refractivity contribution in [2.75, 3.05) is 25.9 Å². The van der Waals surface area contributed by atoms with Gasteiger partial charge in [0, 0.05) is 32.1 Å². The first-order chi connectivity index (χ1) is 8.27. The summed E-state index contributed by atoms with van der Waals surface area (Å²) in [5, 5.41) is 2.75. The molecule has 0 aliphatic heterocycles. The Balaban J connectivity index is 3.76. The van der Waals surface area contributed by atoms with Crippen molar-refractivity contribution in [1.29, 1.82) is 0 Å². The molecule has 6 nitrogen and oxygen atoms in total. The molecule has 0 aliphatic rings. The Morgan fingerprint density at radius 1 is 1.44 bits per heavy atom. The molecule has 1 amide bonds. The van der Waals surface area contributed by atoms with Crippen LogP contribution in [0, 0.1) is 0 Å². The largest absolute Gasteiger partial charge is 0.356 e. The predicted molar refractivity (Wildman–Crippen MR) is 72.6 cm³/mol. The molecule has 0 saturated heterocycles. The van der Waals surface area contributed by atoms with Crippen LogP contribution < -0.4 is 11.1 Å². The van der Waals surface area contributed by atoms with E-state index >= 15 is 0 Å². The average molecular weight is 279 g/mol. The van der Waals surface area contributed by atoms with Crippen LogP contribution >= 0.6 is 0 Å². The number of amides is 1. The highest BCUT2D eigenvalue weighted by molar-refractivity contribution is 7.88. The summed E-state index contributed by atoms with van der Waals surface area (Å²) in [5.41, 5.74) is 5.55. The number of carbonyl (C=O) groups is 1. The molecule has 0 aromatic heterocycles. The third-order valence-corrected chi connectivity index (χ3v) is 3.93. The van der Waals surface area contributed by atoms with Crippen molar-refractivity contribution in [3.8, 4) is 0 Å². The minimum atomic E-state index is -3.13. The second kappa shape index (κ2) is 8.44. The quantitative estimate of drug-likeness (QED) is 0.577. The SMILES string of the molecule is CCN(CCCNC(=O)CCC(C)N)S(C)(=O)=O.